The molecule has 0 aromatic carbocycles. The van der Waals surface area contributed by atoms with Crippen molar-refractivity contribution in [3.8, 4) is 0 Å². The van der Waals surface area contributed by atoms with Crippen LogP contribution in [0.15, 0.2) is 0 Å². The molecule has 0 radical (unpaired) electrons. The summed E-state index contributed by atoms with van der Waals surface area (Å²) in [6, 6.07) is 0. The first-order chi connectivity index (χ1) is 6.70. The molecule has 0 aliphatic heterocycles. The molecule has 1 amide bonds. The van der Waals surface area contributed by atoms with Crippen LogP contribution in [0.5, 0.6) is 0 Å². The average molecular weight is 237 g/mol. The smallest absolute Gasteiger partial charge is 0.220 e. The fourth-order valence-electron chi connectivity index (χ4n) is 1.48. The SMILES string of the molecule is CCCC(C)CC(=O)NCCCNC.Cl. The van der Waals surface area contributed by atoms with E-state index in [0.717, 1.165) is 32.4 Å². The van der Waals surface area contributed by atoms with Crippen molar-refractivity contribution in [2.24, 2.45) is 5.92 Å². The molecule has 2 N–H and O–H groups in total. The number of carbonyl (C=O) groups is 1. The Morgan fingerprint density at radius 3 is 2.53 bits per heavy atom. The van der Waals surface area contributed by atoms with Gasteiger partial charge in [0.2, 0.25) is 5.91 Å². The third-order valence-corrected chi connectivity index (χ3v) is 2.24. The van der Waals surface area contributed by atoms with Crippen molar-refractivity contribution in [2.45, 2.75) is 39.5 Å². The highest BCUT2D eigenvalue weighted by molar-refractivity contribution is 5.85. The first kappa shape index (κ1) is 17.1. The molecule has 0 spiro atoms. The molecule has 3 nitrogen and oxygen atoms in total. The molecule has 92 valence electrons. The maximum atomic E-state index is 11.4. The minimum atomic E-state index is 0. The lowest BCUT2D eigenvalue weighted by Crippen LogP contribution is -2.27. The summed E-state index contributed by atoms with van der Waals surface area (Å²) in [5.74, 6) is 0.714. The quantitative estimate of drug-likeness (QED) is 0.633. The number of carbonyl (C=O) groups excluding carboxylic acids is 1. The summed E-state index contributed by atoms with van der Waals surface area (Å²) in [7, 11) is 1.92. The Bertz CT molecular complexity index is 154. The zero-order chi connectivity index (χ0) is 10.8. The summed E-state index contributed by atoms with van der Waals surface area (Å²) in [5, 5.41) is 5.98. The van der Waals surface area contributed by atoms with Gasteiger partial charge in [-0.2, -0.15) is 0 Å². The Morgan fingerprint density at radius 1 is 1.33 bits per heavy atom. The van der Waals surface area contributed by atoms with Gasteiger partial charge in [-0.15, -0.1) is 12.4 Å². The summed E-state index contributed by atoms with van der Waals surface area (Å²) >= 11 is 0. The Morgan fingerprint density at radius 2 is 2.00 bits per heavy atom. The number of hydrogen-bond donors (Lipinski definition) is 2. The van der Waals surface area contributed by atoms with Crippen LogP contribution in [0.1, 0.15) is 39.5 Å². The Balaban J connectivity index is 0. The van der Waals surface area contributed by atoms with Gasteiger partial charge in [0, 0.05) is 13.0 Å². The third-order valence-electron chi connectivity index (χ3n) is 2.24. The molecule has 0 saturated heterocycles. The van der Waals surface area contributed by atoms with Gasteiger partial charge in [0.05, 0.1) is 0 Å². The van der Waals surface area contributed by atoms with Crippen molar-refractivity contribution in [2.75, 3.05) is 20.1 Å². The highest BCUT2D eigenvalue weighted by Crippen LogP contribution is 2.08. The van der Waals surface area contributed by atoms with Crippen molar-refractivity contribution in [1.82, 2.24) is 10.6 Å². The molecule has 0 aromatic heterocycles. The molecule has 0 rings (SSSR count). The van der Waals surface area contributed by atoms with Crippen molar-refractivity contribution >= 4 is 18.3 Å². The Labute approximate surface area is 99.8 Å². The van der Waals surface area contributed by atoms with Crippen LogP contribution in [0.4, 0.5) is 0 Å². The van der Waals surface area contributed by atoms with E-state index >= 15 is 0 Å². The van der Waals surface area contributed by atoms with Gasteiger partial charge < -0.3 is 10.6 Å². The fraction of sp³-hybridized carbons (Fsp3) is 0.909. The van der Waals surface area contributed by atoms with Gasteiger partial charge in [0.15, 0.2) is 0 Å². The number of rotatable bonds is 8. The van der Waals surface area contributed by atoms with Gasteiger partial charge in [-0.3, -0.25) is 4.79 Å². The highest BCUT2D eigenvalue weighted by atomic mass is 35.5. The minimum absolute atomic E-state index is 0. The topological polar surface area (TPSA) is 41.1 Å². The van der Waals surface area contributed by atoms with E-state index in [9.17, 15) is 4.79 Å². The standard InChI is InChI=1S/C11H24N2O.ClH/c1-4-6-10(2)9-11(14)13-8-5-7-12-3;/h10,12H,4-9H2,1-3H3,(H,13,14);1H. The van der Waals surface area contributed by atoms with Crippen LogP contribution < -0.4 is 10.6 Å². The van der Waals surface area contributed by atoms with Crippen LogP contribution >= 0.6 is 12.4 Å². The normalized spacial score (nSPS) is 11.7. The van der Waals surface area contributed by atoms with E-state index in [4.69, 9.17) is 0 Å². The lowest BCUT2D eigenvalue weighted by atomic mass is 10.0. The van der Waals surface area contributed by atoms with Crippen molar-refractivity contribution < 1.29 is 4.79 Å². The van der Waals surface area contributed by atoms with Gasteiger partial charge in [-0.1, -0.05) is 26.7 Å². The van der Waals surface area contributed by atoms with E-state index < -0.39 is 0 Å². The largest absolute Gasteiger partial charge is 0.356 e. The summed E-state index contributed by atoms with van der Waals surface area (Å²) in [4.78, 5) is 11.4. The zero-order valence-corrected chi connectivity index (χ0v) is 11.0. The second-order valence-corrected chi connectivity index (χ2v) is 3.91. The lowest BCUT2D eigenvalue weighted by molar-refractivity contribution is -0.121. The molecule has 0 fully saturated rings. The van der Waals surface area contributed by atoms with E-state index in [1.165, 1.54) is 0 Å². The maximum absolute atomic E-state index is 11.4. The Hall–Kier alpha value is -0.280. The number of hydrogen-bond acceptors (Lipinski definition) is 2. The van der Waals surface area contributed by atoms with E-state index in [0.29, 0.717) is 12.3 Å². The van der Waals surface area contributed by atoms with Crippen molar-refractivity contribution in [3.63, 3.8) is 0 Å². The summed E-state index contributed by atoms with van der Waals surface area (Å²) in [6.07, 6.45) is 3.98. The zero-order valence-electron chi connectivity index (χ0n) is 10.1. The third kappa shape index (κ3) is 11.6. The van der Waals surface area contributed by atoms with Gasteiger partial charge >= 0.3 is 0 Å². The predicted octanol–water partition coefficient (Wildman–Crippen LogP) is 1.96. The molecular formula is C11H25ClN2O. The van der Waals surface area contributed by atoms with Gasteiger partial charge in [0.25, 0.3) is 0 Å². The Kier molecular flexibility index (Phi) is 13.5. The molecule has 1 unspecified atom stereocenters. The predicted molar refractivity (Wildman–Crippen MR) is 67.5 cm³/mol. The molecule has 0 aliphatic rings. The molecule has 0 aromatic rings. The summed E-state index contributed by atoms with van der Waals surface area (Å²) in [5.41, 5.74) is 0. The average Bonchev–Trinajstić information content (AvgIpc) is 2.13. The van der Waals surface area contributed by atoms with Crippen molar-refractivity contribution in [3.05, 3.63) is 0 Å². The summed E-state index contributed by atoms with van der Waals surface area (Å²) in [6.45, 7) is 6.04. The van der Waals surface area contributed by atoms with E-state index in [-0.39, 0.29) is 18.3 Å². The van der Waals surface area contributed by atoms with Gasteiger partial charge in [-0.25, -0.2) is 0 Å². The van der Waals surface area contributed by atoms with Crippen molar-refractivity contribution in [1.29, 1.82) is 0 Å². The second-order valence-electron chi connectivity index (χ2n) is 3.91. The molecule has 4 heteroatoms. The van der Waals surface area contributed by atoms with Crippen LogP contribution in [0.25, 0.3) is 0 Å². The van der Waals surface area contributed by atoms with Gasteiger partial charge in [0.1, 0.15) is 0 Å². The molecule has 0 heterocycles. The monoisotopic (exact) mass is 236 g/mol. The maximum Gasteiger partial charge on any atom is 0.220 e. The first-order valence-corrected chi connectivity index (χ1v) is 5.62. The molecule has 0 aliphatic carbocycles. The number of nitrogens with one attached hydrogen (secondary N) is 2. The van der Waals surface area contributed by atoms with E-state index in [2.05, 4.69) is 24.5 Å². The fourth-order valence-corrected chi connectivity index (χ4v) is 1.48. The van der Waals surface area contributed by atoms with E-state index in [1.54, 1.807) is 0 Å². The van der Waals surface area contributed by atoms with Crippen LogP contribution in [0.2, 0.25) is 0 Å². The minimum Gasteiger partial charge on any atom is -0.356 e. The molecule has 0 saturated carbocycles. The molecule has 1 atom stereocenters. The molecule has 0 bridgehead atoms. The van der Waals surface area contributed by atoms with Gasteiger partial charge in [-0.05, 0) is 25.9 Å². The highest BCUT2D eigenvalue weighted by Gasteiger charge is 2.06. The van der Waals surface area contributed by atoms with Crippen LogP contribution in [-0.2, 0) is 4.79 Å². The van der Waals surface area contributed by atoms with Crippen LogP contribution in [-0.4, -0.2) is 26.0 Å². The number of amides is 1. The number of halogens is 1. The second kappa shape index (κ2) is 11.8. The molecule has 15 heavy (non-hydrogen) atoms. The van der Waals surface area contributed by atoms with Crippen LogP contribution in [0.3, 0.4) is 0 Å². The van der Waals surface area contributed by atoms with Crippen LogP contribution in [0, 0.1) is 5.92 Å². The molecular weight excluding hydrogens is 212 g/mol. The van der Waals surface area contributed by atoms with E-state index in [1.807, 2.05) is 7.05 Å². The summed E-state index contributed by atoms with van der Waals surface area (Å²) < 4.78 is 0. The lowest BCUT2D eigenvalue weighted by Gasteiger charge is -2.10. The first-order valence-electron chi connectivity index (χ1n) is 5.62.